The highest BCUT2D eigenvalue weighted by Gasteiger charge is 2.48. The van der Waals surface area contributed by atoms with Crippen LogP contribution in [-0.4, -0.2) is 53.7 Å². The zero-order valence-electron chi connectivity index (χ0n) is 15.4. The summed E-state index contributed by atoms with van der Waals surface area (Å²) in [4.78, 5) is 29.7. The first-order valence-corrected chi connectivity index (χ1v) is 9.33. The van der Waals surface area contributed by atoms with Gasteiger partial charge in [-0.25, -0.2) is 0 Å². The third-order valence-electron chi connectivity index (χ3n) is 5.23. The molecule has 3 heterocycles. The van der Waals surface area contributed by atoms with E-state index in [0.717, 1.165) is 18.5 Å². The second kappa shape index (κ2) is 7.15. The first-order valence-electron chi connectivity index (χ1n) is 9.33. The molecule has 7 heteroatoms. The van der Waals surface area contributed by atoms with Gasteiger partial charge in [0.25, 0.3) is 11.8 Å². The number of amides is 2. The van der Waals surface area contributed by atoms with E-state index in [1.54, 1.807) is 22.8 Å². The third-order valence-corrected chi connectivity index (χ3v) is 5.23. The normalized spacial score (nSPS) is 23.5. The summed E-state index contributed by atoms with van der Waals surface area (Å²) in [7, 11) is 0. The highest BCUT2D eigenvalue weighted by Crippen LogP contribution is 2.32. The second-order valence-corrected chi connectivity index (χ2v) is 7.15. The number of rotatable bonds is 2. The number of para-hydroxylation sites is 1. The van der Waals surface area contributed by atoms with Crippen LogP contribution >= 0.6 is 0 Å². The van der Waals surface area contributed by atoms with Crippen LogP contribution in [0.15, 0.2) is 40.9 Å². The Morgan fingerprint density at radius 1 is 1.19 bits per heavy atom. The molecule has 1 aromatic carbocycles. The summed E-state index contributed by atoms with van der Waals surface area (Å²) in [6.07, 6.45) is 2.38. The summed E-state index contributed by atoms with van der Waals surface area (Å²) in [6, 6.07) is 11.3. The number of nitrogens with zero attached hydrogens (tertiary/aromatic N) is 3. The number of hydrogen-bond donors (Lipinski definition) is 0. The van der Waals surface area contributed by atoms with E-state index in [-0.39, 0.29) is 24.1 Å². The predicted octanol–water partition coefficient (Wildman–Crippen LogP) is 2.41. The maximum atomic E-state index is 13.5. The van der Waals surface area contributed by atoms with Crippen molar-refractivity contribution in [2.75, 3.05) is 31.1 Å². The van der Waals surface area contributed by atoms with Crippen molar-refractivity contribution in [2.24, 2.45) is 0 Å². The molecule has 27 heavy (non-hydrogen) atoms. The molecule has 7 nitrogen and oxygen atoms in total. The van der Waals surface area contributed by atoms with Gasteiger partial charge in [-0.2, -0.15) is 0 Å². The quantitative estimate of drug-likeness (QED) is 0.813. The Morgan fingerprint density at radius 2 is 2.00 bits per heavy atom. The van der Waals surface area contributed by atoms with Crippen molar-refractivity contribution in [2.45, 2.75) is 31.8 Å². The smallest absolute Gasteiger partial charge is 0.292 e. The predicted molar refractivity (Wildman–Crippen MR) is 98.5 cm³/mol. The van der Waals surface area contributed by atoms with Crippen LogP contribution < -0.4 is 4.90 Å². The number of anilines is 1. The van der Waals surface area contributed by atoms with Crippen LogP contribution in [0.2, 0.25) is 0 Å². The van der Waals surface area contributed by atoms with Crippen molar-refractivity contribution in [3.05, 3.63) is 47.9 Å². The molecule has 2 aromatic rings. The Labute approximate surface area is 157 Å². The summed E-state index contributed by atoms with van der Waals surface area (Å²) in [5, 5.41) is 3.79. The number of aryl methyl sites for hydroxylation is 1. The minimum absolute atomic E-state index is 0.0718. The maximum Gasteiger partial charge on any atom is 0.292 e. The zero-order valence-corrected chi connectivity index (χ0v) is 15.4. The largest absolute Gasteiger partial charge is 0.361 e. The van der Waals surface area contributed by atoms with Gasteiger partial charge in [-0.1, -0.05) is 23.4 Å². The topological polar surface area (TPSA) is 75.9 Å². The highest BCUT2D eigenvalue weighted by molar-refractivity contribution is 6.01. The number of carbonyl (C=O) groups is 2. The molecule has 1 spiro atoms. The molecule has 2 fully saturated rings. The van der Waals surface area contributed by atoms with E-state index in [9.17, 15) is 9.59 Å². The van der Waals surface area contributed by atoms with Gasteiger partial charge in [0.15, 0.2) is 5.60 Å². The zero-order chi connectivity index (χ0) is 18.9. The van der Waals surface area contributed by atoms with Crippen LogP contribution in [0, 0.1) is 6.92 Å². The lowest BCUT2D eigenvalue weighted by molar-refractivity contribution is -0.155. The molecule has 1 aromatic heterocycles. The molecule has 4 rings (SSSR count). The Balaban J connectivity index is 1.60. The van der Waals surface area contributed by atoms with Crippen LogP contribution in [0.3, 0.4) is 0 Å². The molecule has 2 amide bonds. The van der Waals surface area contributed by atoms with Gasteiger partial charge >= 0.3 is 0 Å². The third kappa shape index (κ3) is 3.35. The van der Waals surface area contributed by atoms with Crippen molar-refractivity contribution in [1.29, 1.82) is 0 Å². The summed E-state index contributed by atoms with van der Waals surface area (Å²) in [6.45, 7) is 3.41. The van der Waals surface area contributed by atoms with Gasteiger partial charge in [0.2, 0.25) is 5.76 Å². The minimum atomic E-state index is -1.00. The van der Waals surface area contributed by atoms with E-state index >= 15 is 0 Å². The first kappa shape index (κ1) is 17.7. The van der Waals surface area contributed by atoms with Crippen LogP contribution in [0.4, 0.5) is 5.69 Å². The fraction of sp³-hybridized carbons (Fsp3) is 0.450. The Hall–Kier alpha value is -2.67. The van der Waals surface area contributed by atoms with E-state index in [1.807, 2.05) is 30.3 Å². The molecule has 2 aliphatic rings. The van der Waals surface area contributed by atoms with Crippen molar-refractivity contribution in [3.8, 4) is 0 Å². The van der Waals surface area contributed by atoms with Crippen molar-refractivity contribution in [1.82, 2.24) is 10.1 Å². The van der Waals surface area contributed by atoms with Gasteiger partial charge in [0.05, 0.1) is 18.8 Å². The average molecular weight is 369 g/mol. The van der Waals surface area contributed by atoms with Crippen molar-refractivity contribution in [3.63, 3.8) is 0 Å². The summed E-state index contributed by atoms with van der Waals surface area (Å²) >= 11 is 0. The monoisotopic (exact) mass is 369 g/mol. The number of carbonyl (C=O) groups excluding carboxylic acids is 2. The van der Waals surface area contributed by atoms with Crippen LogP contribution in [0.25, 0.3) is 0 Å². The van der Waals surface area contributed by atoms with Gasteiger partial charge in [-0.05, 0) is 38.3 Å². The maximum absolute atomic E-state index is 13.5. The average Bonchev–Trinajstić information content (AvgIpc) is 3.07. The Bertz CT molecular complexity index is 835. The number of morpholine rings is 1. The molecule has 0 radical (unpaired) electrons. The van der Waals surface area contributed by atoms with Gasteiger partial charge in [0.1, 0.15) is 0 Å². The Morgan fingerprint density at radius 3 is 2.74 bits per heavy atom. The number of hydrogen-bond acceptors (Lipinski definition) is 5. The van der Waals surface area contributed by atoms with E-state index < -0.39 is 5.60 Å². The van der Waals surface area contributed by atoms with Gasteiger partial charge in [-0.15, -0.1) is 0 Å². The lowest BCUT2D eigenvalue weighted by Crippen LogP contribution is -2.61. The van der Waals surface area contributed by atoms with Gasteiger partial charge < -0.3 is 19.1 Å². The SMILES string of the molecule is Cc1cc(C(=O)N2CCOC3(CCCCN(c4ccccc4)C3=O)C2)on1. The molecule has 0 saturated carbocycles. The van der Waals surface area contributed by atoms with E-state index in [0.29, 0.717) is 31.8 Å². The van der Waals surface area contributed by atoms with Crippen LogP contribution in [-0.2, 0) is 9.53 Å². The van der Waals surface area contributed by atoms with E-state index in [1.165, 1.54) is 0 Å². The number of aromatic nitrogens is 1. The standard InChI is InChI=1S/C20H23N3O4/c1-15-13-17(27-21-15)18(24)22-11-12-26-20(14-22)9-5-6-10-23(19(20)25)16-7-3-2-4-8-16/h2-4,7-8,13H,5-6,9-12,14H2,1H3. The van der Waals surface area contributed by atoms with Gasteiger partial charge in [-0.3, -0.25) is 9.59 Å². The van der Waals surface area contributed by atoms with Crippen LogP contribution in [0.1, 0.15) is 35.5 Å². The molecule has 142 valence electrons. The molecular weight excluding hydrogens is 346 g/mol. The molecular formula is C20H23N3O4. The van der Waals surface area contributed by atoms with Crippen LogP contribution in [0.5, 0.6) is 0 Å². The Kier molecular flexibility index (Phi) is 4.70. The lowest BCUT2D eigenvalue weighted by atomic mass is 9.93. The molecule has 0 aliphatic carbocycles. The van der Waals surface area contributed by atoms with Crippen molar-refractivity contribution >= 4 is 17.5 Å². The van der Waals surface area contributed by atoms with E-state index in [2.05, 4.69) is 5.16 Å². The highest BCUT2D eigenvalue weighted by atomic mass is 16.5. The molecule has 1 unspecified atom stereocenters. The summed E-state index contributed by atoms with van der Waals surface area (Å²) in [5.74, 6) is -0.121. The molecule has 0 bridgehead atoms. The summed E-state index contributed by atoms with van der Waals surface area (Å²) in [5.41, 5.74) is 0.513. The number of ether oxygens (including phenoxy) is 1. The fourth-order valence-corrected chi connectivity index (χ4v) is 3.85. The molecule has 2 saturated heterocycles. The van der Waals surface area contributed by atoms with E-state index in [4.69, 9.17) is 9.26 Å². The molecule has 1 atom stereocenters. The number of benzene rings is 1. The summed E-state index contributed by atoms with van der Waals surface area (Å²) < 4.78 is 11.2. The molecule has 0 N–H and O–H groups in total. The second-order valence-electron chi connectivity index (χ2n) is 7.15. The van der Waals surface area contributed by atoms with Gasteiger partial charge in [0, 0.05) is 24.8 Å². The van der Waals surface area contributed by atoms with Crippen molar-refractivity contribution < 1.29 is 18.8 Å². The fourth-order valence-electron chi connectivity index (χ4n) is 3.85. The first-order chi connectivity index (χ1) is 13.1. The minimum Gasteiger partial charge on any atom is -0.361 e. The molecule has 2 aliphatic heterocycles. The lowest BCUT2D eigenvalue weighted by Gasteiger charge is -2.42.